The first-order valence-corrected chi connectivity index (χ1v) is 6.40. The van der Waals surface area contributed by atoms with Gasteiger partial charge in [-0.2, -0.15) is 0 Å². The maximum Gasteiger partial charge on any atom is 0.331 e. The normalized spacial score (nSPS) is 10.3. The molecule has 5 heteroatoms. The molecule has 0 unspecified atom stereocenters. The van der Waals surface area contributed by atoms with Crippen LogP contribution in [0.5, 0.6) is 0 Å². The van der Waals surface area contributed by atoms with Gasteiger partial charge in [0.2, 0.25) is 0 Å². The van der Waals surface area contributed by atoms with Gasteiger partial charge in [-0.15, -0.1) is 0 Å². The van der Waals surface area contributed by atoms with Crippen LogP contribution in [0.4, 0.5) is 5.69 Å². The lowest BCUT2D eigenvalue weighted by Crippen LogP contribution is -2.27. The van der Waals surface area contributed by atoms with Crippen LogP contribution in [-0.2, 0) is 19.1 Å². The Bertz CT molecular complexity index is 456. The molecule has 0 amide bonds. The zero-order chi connectivity index (χ0) is 14.8. The molecule has 108 valence electrons. The third kappa shape index (κ3) is 5.56. The second-order valence-electron chi connectivity index (χ2n) is 3.94. The molecule has 0 N–H and O–H groups in total. The minimum atomic E-state index is -0.582. The van der Waals surface area contributed by atoms with Gasteiger partial charge >= 0.3 is 11.9 Å². The SMILES string of the molecule is CCN(CCOC(=O)C=CC(=O)OC)c1ccccc1. The van der Waals surface area contributed by atoms with Gasteiger partial charge in [-0.05, 0) is 19.1 Å². The van der Waals surface area contributed by atoms with Crippen molar-refractivity contribution in [3.63, 3.8) is 0 Å². The molecule has 0 bridgehead atoms. The van der Waals surface area contributed by atoms with Gasteiger partial charge in [0.15, 0.2) is 0 Å². The Balaban J connectivity index is 2.37. The molecule has 0 aliphatic carbocycles. The summed E-state index contributed by atoms with van der Waals surface area (Å²) < 4.78 is 9.39. The highest BCUT2D eigenvalue weighted by atomic mass is 16.5. The molecule has 0 fully saturated rings. The number of hydrogen-bond acceptors (Lipinski definition) is 5. The number of para-hydroxylation sites is 1. The van der Waals surface area contributed by atoms with Crippen LogP contribution in [0.25, 0.3) is 0 Å². The van der Waals surface area contributed by atoms with Crippen LogP contribution in [0.3, 0.4) is 0 Å². The number of benzene rings is 1. The van der Waals surface area contributed by atoms with E-state index in [1.54, 1.807) is 0 Å². The van der Waals surface area contributed by atoms with Crippen molar-refractivity contribution in [2.45, 2.75) is 6.92 Å². The molecule has 0 aromatic heterocycles. The number of ether oxygens (including phenoxy) is 2. The van der Waals surface area contributed by atoms with E-state index < -0.39 is 11.9 Å². The quantitative estimate of drug-likeness (QED) is 0.562. The minimum Gasteiger partial charge on any atom is -0.466 e. The summed E-state index contributed by atoms with van der Waals surface area (Å²) in [4.78, 5) is 24.2. The third-order valence-corrected chi connectivity index (χ3v) is 2.67. The van der Waals surface area contributed by atoms with E-state index in [1.807, 2.05) is 37.3 Å². The van der Waals surface area contributed by atoms with Crippen LogP contribution in [0.15, 0.2) is 42.5 Å². The van der Waals surface area contributed by atoms with Crippen molar-refractivity contribution in [3.8, 4) is 0 Å². The lowest BCUT2D eigenvalue weighted by Gasteiger charge is -2.22. The van der Waals surface area contributed by atoms with Crippen molar-refractivity contribution in [3.05, 3.63) is 42.5 Å². The molecule has 0 saturated carbocycles. The lowest BCUT2D eigenvalue weighted by atomic mass is 10.3. The molecule has 5 nitrogen and oxygen atoms in total. The highest BCUT2D eigenvalue weighted by Gasteiger charge is 2.05. The highest BCUT2D eigenvalue weighted by Crippen LogP contribution is 2.11. The Labute approximate surface area is 118 Å². The van der Waals surface area contributed by atoms with Crippen molar-refractivity contribution >= 4 is 17.6 Å². The number of likely N-dealkylation sites (N-methyl/N-ethyl adjacent to an activating group) is 1. The van der Waals surface area contributed by atoms with E-state index in [2.05, 4.69) is 9.64 Å². The summed E-state index contributed by atoms with van der Waals surface area (Å²) in [6.07, 6.45) is 2.10. The molecule has 0 heterocycles. The summed E-state index contributed by atoms with van der Waals surface area (Å²) in [5.74, 6) is -1.14. The molecule has 0 aliphatic heterocycles. The molecular weight excluding hydrogens is 258 g/mol. The van der Waals surface area contributed by atoms with Crippen molar-refractivity contribution in [2.75, 3.05) is 31.7 Å². The van der Waals surface area contributed by atoms with Gasteiger partial charge in [0.05, 0.1) is 13.7 Å². The van der Waals surface area contributed by atoms with Gasteiger partial charge in [0.25, 0.3) is 0 Å². The summed E-state index contributed by atoms with van der Waals surface area (Å²) in [7, 11) is 1.25. The van der Waals surface area contributed by atoms with Gasteiger partial charge < -0.3 is 14.4 Å². The topological polar surface area (TPSA) is 55.8 Å². The van der Waals surface area contributed by atoms with Gasteiger partial charge in [-0.3, -0.25) is 0 Å². The van der Waals surface area contributed by atoms with E-state index in [-0.39, 0.29) is 6.61 Å². The fraction of sp³-hybridized carbons (Fsp3) is 0.333. The summed E-state index contributed by atoms with van der Waals surface area (Å²) in [5, 5.41) is 0. The minimum absolute atomic E-state index is 0.257. The Kier molecular flexibility index (Phi) is 6.89. The number of carbonyl (C=O) groups excluding carboxylic acids is 2. The maximum absolute atomic E-state index is 11.3. The molecule has 0 saturated heterocycles. The molecule has 20 heavy (non-hydrogen) atoms. The van der Waals surface area contributed by atoms with Gasteiger partial charge in [0.1, 0.15) is 6.61 Å². The fourth-order valence-corrected chi connectivity index (χ4v) is 1.62. The highest BCUT2D eigenvalue weighted by molar-refractivity contribution is 5.91. The Morgan fingerprint density at radius 3 is 2.40 bits per heavy atom. The number of hydrogen-bond donors (Lipinski definition) is 0. The molecule has 1 rings (SSSR count). The van der Waals surface area contributed by atoms with E-state index >= 15 is 0 Å². The van der Waals surface area contributed by atoms with E-state index in [0.717, 1.165) is 24.4 Å². The first-order chi connectivity index (χ1) is 9.67. The number of carbonyl (C=O) groups is 2. The Morgan fingerprint density at radius 2 is 1.80 bits per heavy atom. The number of esters is 2. The first-order valence-electron chi connectivity index (χ1n) is 6.40. The number of nitrogens with zero attached hydrogens (tertiary/aromatic N) is 1. The predicted molar refractivity (Wildman–Crippen MR) is 76.4 cm³/mol. The molecular formula is C15H19NO4. The van der Waals surface area contributed by atoms with Crippen molar-refractivity contribution in [1.82, 2.24) is 0 Å². The summed E-state index contributed by atoms with van der Waals surface area (Å²) >= 11 is 0. The molecule has 1 aromatic rings. The van der Waals surface area contributed by atoms with Crippen LogP contribution in [-0.4, -0.2) is 38.7 Å². The number of rotatable bonds is 7. The average molecular weight is 277 g/mol. The van der Waals surface area contributed by atoms with Crippen LogP contribution < -0.4 is 4.90 Å². The van der Waals surface area contributed by atoms with E-state index in [0.29, 0.717) is 6.54 Å². The molecule has 0 radical (unpaired) electrons. The predicted octanol–water partition coefficient (Wildman–Crippen LogP) is 1.79. The van der Waals surface area contributed by atoms with Crippen molar-refractivity contribution in [2.24, 2.45) is 0 Å². The van der Waals surface area contributed by atoms with Gasteiger partial charge in [-0.1, -0.05) is 18.2 Å². The van der Waals surface area contributed by atoms with Crippen molar-refractivity contribution in [1.29, 1.82) is 0 Å². The lowest BCUT2D eigenvalue weighted by molar-refractivity contribution is -0.139. The molecule has 0 atom stereocenters. The van der Waals surface area contributed by atoms with E-state index in [1.165, 1.54) is 7.11 Å². The van der Waals surface area contributed by atoms with Gasteiger partial charge in [-0.25, -0.2) is 9.59 Å². The van der Waals surface area contributed by atoms with Crippen molar-refractivity contribution < 1.29 is 19.1 Å². The van der Waals surface area contributed by atoms with E-state index in [4.69, 9.17) is 4.74 Å². The molecule has 0 aliphatic rings. The fourth-order valence-electron chi connectivity index (χ4n) is 1.62. The maximum atomic E-state index is 11.3. The average Bonchev–Trinajstić information content (AvgIpc) is 2.50. The Hall–Kier alpha value is -2.30. The monoisotopic (exact) mass is 277 g/mol. The molecule has 1 aromatic carbocycles. The summed E-state index contributed by atoms with van der Waals surface area (Å²) in [6, 6.07) is 9.88. The summed E-state index contributed by atoms with van der Waals surface area (Å²) in [6.45, 7) is 3.71. The van der Waals surface area contributed by atoms with Crippen LogP contribution in [0, 0.1) is 0 Å². The van der Waals surface area contributed by atoms with Crippen LogP contribution in [0.1, 0.15) is 6.92 Å². The number of methoxy groups -OCH3 is 1. The zero-order valence-corrected chi connectivity index (χ0v) is 11.7. The summed E-state index contributed by atoms with van der Waals surface area (Å²) in [5.41, 5.74) is 1.08. The second kappa shape index (κ2) is 8.74. The zero-order valence-electron chi connectivity index (χ0n) is 11.7. The first kappa shape index (κ1) is 15.8. The molecule has 0 spiro atoms. The smallest absolute Gasteiger partial charge is 0.331 e. The second-order valence-corrected chi connectivity index (χ2v) is 3.94. The Morgan fingerprint density at radius 1 is 1.15 bits per heavy atom. The van der Waals surface area contributed by atoms with Crippen LogP contribution >= 0.6 is 0 Å². The third-order valence-electron chi connectivity index (χ3n) is 2.67. The van der Waals surface area contributed by atoms with Crippen LogP contribution in [0.2, 0.25) is 0 Å². The van der Waals surface area contributed by atoms with E-state index in [9.17, 15) is 9.59 Å². The largest absolute Gasteiger partial charge is 0.466 e. The standard InChI is InChI=1S/C15H19NO4/c1-3-16(13-7-5-4-6-8-13)11-12-20-15(18)10-9-14(17)19-2/h4-10H,3,11-12H2,1-2H3. The number of anilines is 1. The van der Waals surface area contributed by atoms with Gasteiger partial charge in [0, 0.05) is 24.4 Å².